The number of hydrogen-bond acceptors (Lipinski definition) is 5. The Bertz CT molecular complexity index is 270. The topological polar surface area (TPSA) is 57.0 Å². The zero-order valence-electron chi connectivity index (χ0n) is 13.6. The van der Waals surface area contributed by atoms with Gasteiger partial charge in [-0.15, -0.1) is 0 Å². The minimum Gasteiger partial charge on any atom is -0.383 e. The zero-order chi connectivity index (χ0) is 15.1. The number of methoxy groups -OCH3 is 2. The molecule has 0 bridgehead atoms. The number of nitrogens with zero attached hydrogens (tertiary/aromatic N) is 1. The van der Waals surface area contributed by atoms with Crippen molar-refractivity contribution in [3.05, 3.63) is 0 Å². The molecule has 5 nitrogen and oxygen atoms in total. The van der Waals surface area contributed by atoms with E-state index in [0.29, 0.717) is 6.54 Å². The molecule has 1 aliphatic rings. The molecule has 20 heavy (non-hydrogen) atoms. The van der Waals surface area contributed by atoms with E-state index in [1.807, 2.05) is 0 Å². The van der Waals surface area contributed by atoms with Gasteiger partial charge in [-0.05, 0) is 26.2 Å². The Hall–Kier alpha value is -0.200. The highest BCUT2D eigenvalue weighted by Gasteiger charge is 2.44. The van der Waals surface area contributed by atoms with Gasteiger partial charge in [0.15, 0.2) is 0 Å². The van der Waals surface area contributed by atoms with Crippen molar-refractivity contribution in [3.63, 3.8) is 0 Å². The maximum Gasteiger partial charge on any atom is 0.0670 e. The van der Waals surface area contributed by atoms with Crippen molar-refractivity contribution < 1.29 is 14.2 Å². The summed E-state index contributed by atoms with van der Waals surface area (Å²) in [6.45, 7) is 9.01. The molecule has 5 heteroatoms. The average Bonchev–Trinajstić information content (AvgIpc) is 2.47. The predicted molar refractivity (Wildman–Crippen MR) is 81.0 cm³/mol. The van der Waals surface area contributed by atoms with E-state index in [1.54, 1.807) is 14.2 Å². The smallest absolute Gasteiger partial charge is 0.0670 e. The molecule has 1 fully saturated rings. The fourth-order valence-electron chi connectivity index (χ4n) is 3.11. The second-order valence-corrected chi connectivity index (χ2v) is 5.98. The third-order valence-corrected chi connectivity index (χ3v) is 4.65. The molecule has 1 rings (SSSR count). The van der Waals surface area contributed by atoms with Crippen molar-refractivity contribution in [2.45, 2.75) is 44.2 Å². The highest BCUT2D eigenvalue weighted by molar-refractivity contribution is 5.00. The summed E-state index contributed by atoms with van der Waals surface area (Å²) in [4.78, 5) is 2.44. The van der Waals surface area contributed by atoms with Crippen LogP contribution in [-0.4, -0.2) is 69.7 Å². The largest absolute Gasteiger partial charge is 0.383 e. The zero-order valence-corrected chi connectivity index (χ0v) is 13.6. The molecule has 0 saturated carbocycles. The van der Waals surface area contributed by atoms with E-state index in [2.05, 4.69) is 18.7 Å². The van der Waals surface area contributed by atoms with Gasteiger partial charge < -0.3 is 19.9 Å². The summed E-state index contributed by atoms with van der Waals surface area (Å²) in [6, 6.07) is 0. The maximum atomic E-state index is 6.18. The normalized spacial score (nSPS) is 30.9. The van der Waals surface area contributed by atoms with Crippen LogP contribution >= 0.6 is 0 Å². The van der Waals surface area contributed by atoms with Crippen LogP contribution in [-0.2, 0) is 14.2 Å². The summed E-state index contributed by atoms with van der Waals surface area (Å²) < 4.78 is 16.5. The summed E-state index contributed by atoms with van der Waals surface area (Å²) in [6.07, 6.45) is 2.96. The summed E-state index contributed by atoms with van der Waals surface area (Å²) >= 11 is 0. The molecule has 1 heterocycles. The van der Waals surface area contributed by atoms with Crippen LogP contribution in [0.5, 0.6) is 0 Å². The van der Waals surface area contributed by atoms with Crippen molar-refractivity contribution in [2.75, 3.05) is 53.7 Å². The predicted octanol–water partition coefficient (Wildman–Crippen LogP) is 1.26. The van der Waals surface area contributed by atoms with E-state index in [-0.39, 0.29) is 11.1 Å². The minimum absolute atomic E-state index is 0.0000694. The van der Waals surface area contributed by atoms with Crippen LogP contribution < -0.4 is 5.73 Å². The first-order chi connectivity index (χ1) is 9.55. The average molecular weight is 288 g/mol. The van der Waals surface area contributed by atoms with E-state index in [1.165, 1.54) is 0 Å². The fourth-order valence-corrected chi connectivity index (χ4v) is 3.11. The molecule has 0 spiro atoms. The van der Waals surface area contributed by atoms with Gasteiger partial charge in [-0.25, -0.2) is 0 Å². The summed E-state index contributed by atoms with van der Waals surface area (Å²) in [5, 5.41) is 0. The third-order valence-electron chi connectivity index (χ3n) is 4.65. The molecule has 2 atom stereocenters. The van der Waals surface area contributed by atoms with Gasteiger partial charge in [0.05, 0.1) is 18.8 Å². The van der Waals surface area contributed by atoms with E-state index < -0.39 is 0 Å². The van der Waals surface area contributed by atoms with Crippen LogP contribution in [0, 0.1) is 0 Å². The summed E-state index contributed by atoms with van der Waals surface area (Å²) in [5.41, 5.74) is 6.11. The van der Waals surface area contributed by atoms with Gasteiger partial charge in [-0.3, -0.25) is 4.90 Å². The molecule has 0 amide bonds. The van der Waals surface area contributed by atoms with E-state index in [9.17, 15) is 0 Å². The van der Waals surface area contributed by atoms with Gasteiger partial charge in [-0.1, -0.05) is 6.92 Å². The van der Waals surface area contributed by atoms with Crippen LogP contribution in [0.1, 0.15) is 33.1 Å². The van der Waals surface area contributed by atoms with Gasteiger partial charge >= 0.3 is 0 Å². The molecule has 0 aromatic carbocycles. The number of hydrogen-bond donors (Lipinski definition) is 1. The molecule has 1 aliphatic heterocycles. The summed E-state index contributed by atoms with van der Waals surface area (Å²) in [5.74, 6) is 0. The molecular formula is C15H32N2O3. The first kappa shape index (κ1) is 17.9. The Balaban J connectivity index is 2.84. The molecule has 1 saturated heterocycles. The molecule has 2 unspecified atom stereocenters. The molecule has 0 aliphatic carbocycles. The Morgan fingerprint density at radius 1 is 1.20 bits per heavy atom. The fraction of sp³-hybridized carbons (Fsp3) is 1.00. The SMILES string of the molecule is CCC1(C)CC(CN)(N(CCOC)CCOC)CCO1. The van der Waals surface area contributed by atoms with Gasteiger partial charge in [0, 0.05) is 46.0 Å². The molecule has 0 aromatic heterocycles. The Morgan fingerprint density at radius 3 is 2.25 bits per heavy atom. The second kappa shape index (κ2) is 8.29. The highest BCUT2D eigenvalue weighted by Crippen LogP contribution is 2.37. The second-order valence-electron chi connectivity index (χ2n) is 5.98. The highest BCUT2D eigenvalue weighted by atomic mass is 16.5. The van der Waals surface area contributed by atoms with E-state index >= 15 is 0 Å². The van der Waals surface area contributed by atoms with Crippen molar-refractivity contribution in [2.24, 2.45) is 5.73 Å². The van der Waals surface area contributed by atoms with Crippen molar-refractivity contribution in [3.8, 4) is 0 Å². The lowest BCUT2D eigenvalue weighted by atomic mass is 9.78. The van der Waals surface area contributed by atoms with Gasteiger partial charge in [0.25, 0.3) is 0 Å². The van der Waals surface area contributed by atoms with Crippen molar-refractivity contribution >= 4 is 0 Å². The standard InChI is InChI=1S/C15H32N2O3/c1-5-14(2)12-15(13-16,6-9-20-14)17(7-10-18-3)8-11-19-4/h5-13,16H2,1-4H3. The van der Waals surface area contributed by atoms with Crippen LogP contribution in [0.2, 0.25) is 0 Å². The van der Waals surface area contributed by atoms with E-state index in [0.717, 1.165) is 52.2 Å². The monoisotopic (exact) mass is 288 g/mol. The molecule has 0 radical (unpaired) electrons. The Kier molecular flexibility index (Phi) is 7.40. The van der Waals surface area contributed by atoms with Crippen molar-refractivity contribution in [1.29, 1.82) is 0 Å². The number of ether oxygens (including phenoxy) is 3. The van der Waals surface area contributed by atoms with Crippen LogP contribution in [0.4, 0.5) is 0 Å². The van der Waals surface area contributed by atoms with Crippen LogP contribution in [0.3, 0.4) is 0 Å². The number of nitrogens with two attached hydrogens (primary N) is 1. The summed E-state index contributed by atoms with van der Waals surface area (Å²) in [7, 11) is 3.48. The van der Waals surface area contributed by atoms with Crippen LogP contribution in [0.25, 0.3) is 0 Å². The molecule has 0 aromatic rings. The van der Waals surface area contributed by atoms with Gasteiger partial charge in [0.1, 0.15) is 0 Å². The molecule has 120 valence electrons. The minimum atomic E-state index is -0.0734. The Labute approximate surface area is 123 Å². The number of rotatable bonds is 9. The van der Waals surface area contributed by atoms with E-state index in [4.69, 9.17) is 19.9 Å². The lowest BCUT2D eigenvalue weighted by Gasteiger charge is -2.51. The lowest BCUT2D eigenvalue weighted by molar-refractivity contribution is -0.133. The van der Waals surface area contributed by atoms with Crippen LogP contribution in [0.15, 0.2) is 0 Å². The quantitative estimate of drug-likeness (QED) is 0.692. The third kappa shape index (κ3) is 4.40. The first-order valence-corrected chi connectivity index (χ1v) is 7.63. The first-order valence-electron chi connectivity index (χ1n) is 7.63. The molecule has 2 N–H and O–H groups in total. The van der Waals surface area contributed by atoms with Crippen molar-refractivity contribution in [1.82, 2.24) is 4.90 Å². The van der Waals surface area contributed by atoms with Gasteiger partial charge in [0.2, 0.25) is 0 Å². The molecular weight excluding hydrogens is 256 g/mol. The van der Waals surface area contributed by atoms with Gasteiger partial charge in [-0.2, -0.15) is 0 Å². The maximum absolute atomic E-state index is 6.18. The lowest BCUT2D eigenvalue weighted by Crippen LogP contribution is -2.62. The Morgan fingerprint density at radius 2 is 1.80 bits per heavy atom.